The second-order valence-corrected chi connectivity index (χ2v) is 9.44. The summed E-state index contributed by atoms with van der Waals surface area (Å²) in [5, 5.41) is 11.0. The van der Waals surface area contributed by atoms with Gasteiger partial charge < -0.3 is 15.0 Å². The molecule has 0 saturated heterocycles. The number of hydrogen-bond donors (Lipinski definition) is 1. The van der Waals surface area contributed by atoms with Crippen LogP contribution in [0.25, 0.3) is 0 Å². The third-order valence-electron chi connectivity index (χ3n) is 6.90. The molecule has 198 valence electrons. The van der Waals surface area contributed by atoms with E-state index in [1.54, 1.807) is 34.0 Å². The smallest absolute Gasteiger partial charge is 0.358 e. The number of hydrogen-bond acceptors (Lipinski definition) is 8. The van der Waals surface area contributed by atoms with Gasteiger partial charge in [0, 0.05) is 39.5 Å². The van der Waals surface area contributed by atoms with Crippen LogP contribution in [0.4, 0.5) is 30.6 Å². The molecule has 1 N–H and O–H groups in total. The summed E-state index contributed by atoms with van der Waals surface area (Å²) >= 11 is 0. The van der Waals surface area contributed by atoms with Gasteiger partial charge in [-0.15, -0.1) is 0 Å². The van der Waals surface area contributed by atoms with E-state index in [1.807, 2.05) is 14.0 Å². The van der Waals surface area contributed by atoms with Crippen molar-refractivity contribution in [3.05, 3.63) is 41.1 Å². The first-order valence-electron chi connectivity index (χ1n) is 11.8. The lowest BCUT2D eigenvalue weighted by atomic mass is 9.85. The predicted molar refractivity (Wildman–Crippen MR) is 128 cm³/mol. The van der Waals surface area contributed by atoms with Crippen molar-refractivity contribution in [1.29, 1.82) is 0 Å². The Kier molecular flexibility index (Phi) is 6.09. The molecule has 0 spiro atoms. The van der Waals surface area contributed by atoms with E-state index in [0.717, 1.165) is 30.9 Å². The molecule has 11 nitrogen and oxygen atoms in total. The molecule has 1 aliphatic carbocycles. The molecular weight excluding hydrogens is 491 g/mol. The van der Waals surface area contributed by atoms with E-state index in [9.17, 15) is 18.0 Å². The molecule has 2 aliphatic rings. The number of amides is 1. The highest BCUT2D eigenvalue weighted by molar-refractivity contribution is 6.04. The summed E-state index contributed by atoms with van der Waals surface area (Å²) in [5.41, 5.74) is 0.912. The monoisotopic (exact) mass is 519 g/mol. The van der Waals surface area contributed by atoms with Crippen LogP contribution in [0.5, 0.6) is 0 Å². The molecule has 1 amide bonds. The Hall–Kier alpha value is -3.68. The van der Waals surface area contributed by atoms with Gasteiger partial charge in [-0.3, -0.25) is 19.1 Å². The largest absolute Gasteiger partial charge is 0.435 e. The lowest BCUT2D eigenvalue weighted by Gasteiger charge is -2.51. The molecule has 37 heavy (non-hydrogen) atoms. The Morgan fingerprint density at radius 3 is 2.59 bits per heavy atom. The van der Waals surface area contributed by atoms with Crippen molar-refractivity contribution in [1.82, 2.24) is 29.5 Å². The predicted octanol–water partition coefficient (Wildman–Crippen LogP) is 2.70. The number of rotatable bonds is 7. The number of nitrogens with zero attached hydrogens (tertiary/aromatic N) is 8. The fourth-order valence-electron chi connectivity index (χ4n) is 4.78. The second kappa shape index (κ2) is 9.01. The fourth-order valence-corrected chi connectivity index (χ4v) is 4.78. The van der Waals surface area contributed by atoms with Gasteiger partial charge in [0.2, 0.25) is 11.9 Å². The Labute approximate surface area is 211 Å². The normalized spacial score (nSPS) is 17.1. The Bertz CT molecular complexity index is 1320. The summed E-state index contributed by atoms with van der Waals surface area (Å²) in [7, 11) is 4.91. The number of anilines is 3. The molecule has 3 aromatic rings. The number of nitrogens with one attached hydrogen (secondary N) is 1. The average Bonchev–Trinajstić information content (AvgIpc) is 3.41. The lowest BCUT2D eigenvalue weighted by molar-refractivity contribution is -0.141. The first-order chi connectivity index (χ1) is 17.5. The Morgan fingerprint density at radius 2 is 1.97 bits per heavy atom. The fraction of sp³-hybridized carbons (Fsp3) is 0.522. The molecule has 4 heterocycles. The zero-order valence-electron chi connectivity index (χ0n) is 21.0. The SMILES string of the molecule is COC1(N2C(=O)CN(C)c3nc(NCc4cnn(Cc5cc(C(F)(F)F)nn5C)c4)nc(C)c32)CCC1. The summed E-state index contributed by atoms with van der Waals surface area (Å²) in [5.74, 6) is 0.990. The van der Waals surface area contributed by atoms with E-state index in [1.165, 1.54) is 11.7 Å². The van der Waals surface area contributed by atoms with Crippen LogP contribution in [0.2, 0.25) is 0 Å². The maximum Gasteiger partial charge on any atom is 0.435 e. The molecule has 0 aromatic carbocycles. The zero-order chi connectivity index (χ0) is 26.5. The second-order valence-electron chi connectivity index (χ2n) is 9.44. The number of fused-ring (bicyclic) bond motifs is 1. The first kappa shape index (κ1) is 25.0. The van der Waals surface area contributed by atoms with Crippen LogP contribution in [0.15, 0.2) is 18.5 Å². The summed E-state index contributed by atoms with van der Waals surface area (Å²) in [6.07, 6.45) is 1.38. The molecule has 5 rings (SSSR count). The summed E-state index contributed by atoms with van der Waals surface area (Å²) in [6, 6.07) is 1.02. The third kappa shape index (κ3) is 4.49. The maximum absolute atomic E-state index is 13.0. The van der Waals surface area contributed by atoms with Crippen molar-refractivity contribution in [3.63, 3.8) is 0 Å². The Balaban J connectivity index is 1.31. The molecule has 14 heteroatoms. The summed E-state index contributed by atoms with van der Waals surface area (Å²) < 4.78 is 47.3. The number of carbonyl (C=O) groups is 1. The average molecular weight is 520 g/mol. The van der Waals surface area contributed by atoms with Gasteiger partial charge in [0.15, 0.2) is 11.5 Å². The van der Waals surface area contributed by atoms with Crippen LogP contribution >= 0.6 is 0 Å². The quantitative estimate of drug-likeness (QED) is 0.508. The first-order valence-corrected chi connectivity index (χ1v) is 11.8. The van der Waals surface area contributed by atoms with Crippen molar-refractivity contribution >= 4 is 23.4 Å². The van der Waals surface area contributed by atoms with E-state index >= 15 is 0 Å². The van der Waals surface area contributed by atoms with Crippen LogP contribution in [0.3, 0.4) is 0 Å². The van der Waals surface area contributed by atoms with Gasteiger partial charge in [-0.25, -0.2) is 4.98 Å². The minimum atomic E-state index is -4.50. The minimum absolute atomic E-state index is 0.0489. The molecular formula is C23H28F3N9O2. The molecule has 0 unspecified atom stereocenters. The van der Waals surface area contributed by atoms with Crippen LogP contribution in [0, 0.1) is 6.92 Å². The van der Waals surface area contributed by atoms with Crippen molar-refractivity contribution in [2.45, 2.75) is 51.2 Å². The minimum Gasteiger partial charge on any atom is -0.358 e. The number of likely N-dealkylation sites (N-methyl/N-ethyl adjacent to an activating group) is 1. The highest BCUT2D eigenvalue weighted by atomic mass is 19.4. The lowest BCUT2D eigenvalue weighted by Crippen LogP contribution is -2.62. The summed E-state index contributed by atoms with van der Waals surface area (Å²) in [4.78, 5) is 25.8. The molecule has 0 radical (unpaired) electrons. The topological polar surface area (TPSA) is 106 Å². The van der Waals surface area contributed by atoms with Gasteiger partial charge in [0.25, 0.3) is 0 Å². The van der Waals surface area contributed by atoms with Crippen molar-refractivity contribution in [2.75, 3.05) is 35.8 Å². The van der Waals surface area contributed by atoms with Gasteiger partial charge in [0.05, 0.1) is 30.7 Å². The molecule has 0 bridgehead atoms. The third-order valence-corrected chi connectivity index (χ3v) is 6.90. The number of halogens is 3. The zero-order valence-corrected chi connectivity index (χ0v) is 21.0. The highest BCUT2D eigenvalue weighted by Crippen LogP contribution is 2.46. The van der Waals surface area contributed by atoms with E-state index in [2.05, 4.69) is 25.5 Å². The Morgan fingerprint density at radius 1 is 1.22 bits per heavy atom. The number of ether oxygens (including phenoxy) is 1. The molecule has 3 aromatic heterocycles. The van der Waals surface area contributed by atoms with E-state index in [-0.39, 0.29) is 19.0 Å². The van der Waals surface area contributed by atoms with Gasteiger partial charge in [0.1, 0.15) is 11.4 Å². The van der Waals surface area contributed by atoms with Crippen LogP contribution < -0.4 is 15.1 Å². The van der Waals surface area contributed by atoms with E-state index < -0.39 is 17.6 Å². The van der Waals surface area contributed by atoms with Crippen molar-refractivity contribution in [3.8, 4) is 0 Å². The highest BCUT2D eigenvalue weighted by Gasteiger charge is 2.49. The van der Waals surface area contributed by atoms with Crippen molar-refractivity contribution < 1.29 is 22.7 Å². The van der Waals surface area contributed by atoms with Crippen LogP contribution in [-0.2, 0) is 35.8 Å². The van der Waals surface area contributed by atoms with Crippen LogP contribution in [0.1, 0.15) is 41.9 Å². The number of carbonyl (C=O) groups excluding carboxylic acids is 1. The maximum atomic E-state index is 13.0. The number of alkyl halides is 3. The van der Waals surface area contributed by atoms with Crippen molar-refractivity contribution in [2.24, 2.45) is 7.05 Å². The standard InChI is InChI=1S/C23H28F3N9O2/c1-14-19-20(32(2)13-18(36)35(19)22(37-4)6-5-7-22)30-21(29-14)27-9-15-10-28-34(11-15)12-16-8-17(23(24,25)26)31-33(16)3/h8,10-11H,5-7,9,12-13H2,1-4H3,(H,27,29,30). The number of aromatic nitrogens is 6. The van der Waals surface area contributed by atoms with E-state index in [4.69, 9.17) is 4.74 Å². The van der Waals surface area contributed by atoms with E-state index in [0.29, 0.717) is 35.4 Å². The molecule has 1 fully saturated rings. The number of methoxy groups -OCH3 is 1. The number of aryl methyl sites for hydroxylation is 2. The molecule has 1 aliphatic heterocycles. The van der Waals surface area contributed by atoms with Gasteiger partial charge in [-0.05, 0) is 32.3 Å². The van der Waals surface area contributed by atoms with Gasteiger partial charge in [-0.1, -0.05) is 0 Å². The molecule has 0 atom stereocenters. The summed E-state index contributed by atoms with van der Waals surface area (Å²) in [6.45, 7) is 2.52. The van der Waals surface area contributed by atoms with Crippen LogP contribution in [-0.4, -0.2) is 61.9 Å². The molecule has 1 saturated carbocycles. The van der Waals surface area contributed by atoms with Gasteiger partial charge >= 0.3 is 6.18 Å². The van der Waals surface area contributed by atoms with Gasteiger partial charge in [-0.2, -0.15) is 28.4 Å².